The highest BCUT2D eigenvalue weighted by molar-refractivity contribution is 8.00. The van der Waals surface area contributed by atoms with E-state index in [9.17, 15) is 4.79 Å². The normalized spacial score (nSPS) is 9.50. The Hall–Kier alpha value is -0.770. The first-order chi connectivity index (χ1) is 6.71. The summed E-state index contributed by atoms with van der Waals surface area (Å²) in [4.78, 5) is 15.4. The molecule has 4 nitrogen and oxygen atoms in total. The van der Waals surface area contributed by atoms with Gasteiger partial charge in [0, 0.05) is 0 Å². The zero-order valence-corrected chi connectivity index (χ0v) is 9.59. The van der Waals surface area contributed by atoms with E-state index < -0.39 is 0 Å². The second kappa shape index (κ2) is 5.20. The summed E-state index contributed by atoms with van der Waals surface area (Å²) in [5.41, 5.74) is 0. The van der Waals surface area contributed by atoms with E-state index in [1.165, 1.54) is 23.1 Å². The molecule has 1 aromatic heterocycles. The van der Waals surface area contributed by atoms with Gasteiger partial charge in [0.05, 0.1) is 0 Å². The van der Waals surface area contributed by atoms with Crippen LogP contribution in [0.5, 0.6) is 0 Å². The predicted octanol–water partition coefficient (Wildman–Crippen LogP) is 1.91. The minimum atomic E-state index is -0.360. The molecular weight excluding hydrogens is 242 g/mol. The van der Waals surface area contributed by atoms with Crippen molar-refractivity contribution in [3.63, 3.8) is 0 Å². The number of thioether (sulfide) groups is 1. The first-order valence-corrected chi connectivity index (χ1v) is 6.09. The Kier molecular flexibility index (Phi) is 4.20. The zero-order chi connectivity index (χ0) is 10.6. The van der Waals surface area contributed by atoms with E-state index in [2.05, 4.69) is 10.3 Å². The van der Waals surface area contributed by atoms with Crippen LogP contribution in [-0.4, -0.2) is 23.0 Å². The molecule has 0 aliphatic heterocycles. The van der Waals surface area contributed by atoms with Crippen molar-refractivity contribution in [3.8, 4) is 6.07 Å². The van der Waals surface area contributed by atoms with Gasteiger partial charge in [-0.3, -0.25) is 4.79 Å². The highest BCUT2D eigenvalue weighted by Crippen LogP contribution is 2.28. The first-order valence-electron chi connectivity index (χ1n) is 3.52. The fourth-order valence-corrected chi connectivity index (χ4v) is 2.10. The van der Waals surface area contributed by atoms with Gasteiger partial charge < -0.3 is 5.32 Å². The van der Waals surface area contributed by atoms with Crippen LogP contribution in [-0.2, 0) is 4.79 Å². The molecule has 0 unspecified atom stereocenters. The van der Waals surface area contributed by atoms with Crippen molar-refractivity contribution in [2.45, 2.75) is 4.34 Å². The molecule has 1 N–H and O–H groups in total. The van der Waals surface area contributed by atoms with Crippen LogP contribution in [0.3, 0.4) is 0 Å². The molecule has 1 heterocycles. The predicted molar refractivity (Wildman–Crippen MR) is 58.0 cm³/mol. The molecule has 0 fully saturated rings. The lowest BCUT2D eigenvalue weighted by molar-refractivity contribution is -0.113. The van der Waals surface area contributed by atoms with Gasteiger partial charge in [0.15, 0.2) is 10.2 Å². The Morgan fingerprint density at radius 1 is 1.86 bits per heavy atom. The summed E-state index contributed by atoms with van der Waals surface area (Å²) < 4.78 is 0.742. The Balaban J connectivity index is 2.90. The van der Waals surface area contributed by atoms with Crippen LogP contribution in [0.4, 0.5) is 5.82 Å². The summed E-state index contributed by atoms with van der Waals surface area (Å²) in [7, 11) is 0. The van der Waals surface area contributed by atoms with Gasteiger partial charge in [0.25, 0.3) is 0 Å². The quantitative estimate of drug-likeness (QED) is 0.655. The molecule has 1 rings (SSSR count). The van der Waals surface area contributed by atoms with Gasteiger partial charge in [-0.1, -0.05) is 23.1 Å². The van der Waals surface area contributed by atoms with Gasteiger partial charge in [-0.2, -0.15) is 5.26 Å². The molecule has 74 valence electrons. The number of alkyl halides is 1. The lowest BCUT2D eigenvalue weighted by atomic mass is 10.5. The van der Waals surface area contributed by atoms with E-state index in [4.69, 9.17) is 16.9 Å². The highest BCUT2D eigenvalue weighted by Gasteiger charge is 2.12. The maximum Gasteiger partial charge on any atom is 0.240 e. The number of halogens is 1. The summed E-state index contributed by atoms with van der Waals surface area (Å²) in [6.07, 6.45) is 1.85. The van der Waals surface area contributed by atoms with Crippen molar-refractivity contribution in [2.75, 3.05) is 17.5 Å². The number of hydrogen-bond donors (Lipinski definition) is 1. The van der Waals surface area contributed by atoms with Gasteiger partial charge in [0.2, 0.25) is 5.91 Å². The molecule has 0 aliphatic rings. The van der Waals surface area contributed by atoms with E-state index in [1.54, 1.807) is 0 Å². The third-order valence-corrected chi connectivity index (χ3v) is 3.45. The number of hydrogen-bond acceptors (Lipinski definition) is 5. The molecule has 1 aromatic rings. The fraction of sp³-hybridized carbons (Fsp3) is 0.286. The van der Waals surface area contributed by atoms with Gasteiger partial charge in [-0.05, 0) is 6.26 Å². The van der Waals surface area contributed by atoms with Crippen molar-refractivity contribution in [1.29, 1.82) is 5.26 Å². The molecule has 0 aliphatic carbocycles. The van der Waals surface area contributed by atoms with Gasteiger partial charge in [-0.25, -0.2) is 4.98 Å². The summed E-state index contributed by atoms with van der Waals surface area (Å²) in [5, 5.41) is 11.2. The minimum absolute atomic E-state index is 0.142. The number of amides is 1. The lowest BCUT2D eigenvalue weighted by Gasteiger charge is -1.96. The number of carbonyl (C=O) groups excluding carboxylic acids is 1. The molecule has 1 amide bonds. The van der Waals surface area contributed by atoms with Crippen LogP contribution >= 0.6 is 34.7 Å². The molecule has 0 atom stereocenters. The Morgan fingerprint density at radius 2 is 2.57 bits per heavy atom. The summed E-state index contributed by atoms with van der Waals surface area (Å²) in [6.45, 7) is 0. The topological polar surface area (TPSA) is 65.8 Å². The van der Waals surface area contributed by atoms with Gasteiger partial charge >= 0.3 is 0 Å². The molecule has 14 heavy (non-hydrogen) atoms. The number of nitrogens with one attached hydrogen (secondary N) is 1. The second-order valence-electron chi connectivity index (χ2n) is 2.16. The fourth-order valence-electron chi connectivity index (χ4n) is 0.714. The third-order valence-electron chi connectivity index (χ3n) is 1.26. The van der Waals surface area contributed by atoms with Crippen LogP contribution in [0, 0.1) is 11.3 Å². The number of thiazole rings is 1. The smallest absolute Gasteiger partial charge is 0.240 e. The summed E-state index contributed by atoms with van der Waals surface area (Å²) in [5.74, 6) is -0.203. The molecule has 7 heteroatoms. The average Bonchev–Trinajstić information content (AvgIpc) is 2.60. The molecule has 0 saturated carbocycles. The summed E-state index contributed by atoms with van der Waals surface area (Å²) >= 11 is 7.98. The van der Waals surface area contributed by atoms with Crippen molar-refractivity contribution < 1.29 is 4.79 Å². The number of nitrogens with zero attached hydrogens (tertiary/aromatic N) is 2. The summed E-state index contributed by atoms with van der Waals surface area (Å²) in [6, 6.07) is 1.96. The van der Waals surface area contributed by atoms with E-state index in [0.717, 1.165) is 4.34 Å². The molecule has 0 aromatic carbocycles. The Labute approximate surface area is 94.3 Å². The van der Waals surface area contributed by atoms with Crippen LogP contribution < -0.4 is 5.32 Å². The highest BCUT2D eigenvalue weighted by atomic mass is 35.5. The third kappa shape index (κ3) is 2.61. The average molecular weight is 248 g/mol. The Morgan fingerprint density at radius 3 is 3.07 bits per heavy atom. The van der Waals surface area contributed by atoms with E-state index in [-0.39, 0.29) is 11.8 Å². The van der Waals surface area contributed by atoms with Crippen LogP contribution in [0.25, 0.3) is 0 Å². The molecule has 0 bridgehead atoms. The van der Waals surface area contributed by atoms with Crippen molar-refractivity contribution in [2.24, 2.45) is 0 Å². The van der Waals surface area contributed by atoms with Crippen molar-refractivity contribution >= 4 is 46.4 Å². The maximum atomic E-state index is 11.0. The second-order valence-corrected chi connectivity index (χ2v) is 4.47. The molecular formula is C7H6ClN3OS2. The minimum Gasteiger partial charge on any atom is -0.308 e. The maximum absolute atomic E-state index is 11.0. The SMILES string of the molecule is CSc1nc(NC(=O)CCl)c(C#N)s1. The number of carbonyl (C=O) groups is 1. The van der Waals surface area contributed by atoms with E-state index in [1.807, 2.05) is 12.3 Å². The zero-order valence-electron chi connectivity index (χ0n) is 7.20. The molecule has 0 spiro atoms. The van der Waals surface area contributed by atoms with Gasteiger partial charge in [0.1, 0.15) is 16.8 Å². The Bertz CT molecular complexity index is 385. The number of rotatable bonds is 3. The van der Waals surface area contributed by atoms with Crippen LogP contribution in [0.1, 0.15) is 4.88 Å². The largest absolute Gasteiger partial charge is 0.308 e. The van der Waals surface area contributed by atoms with E-state index in [0.29, 0.717) is 10.7 Å². The monoisotopic (exact) mass is 247 g/mol. The number of aromatic nitrogens is 1. The van der Waals surface area contributed by atoms with Gasteiger partial charge in [-0.15, -0.1) is 11.6 Å². The molecule has 0 radical (unpaired) electrons. The number of anilines is 1. The first kappa shape index (κ1) is 11.3. The standard InChI is InChI=1S/C7H6ClN3OS2/c1-13-7-11-6(4(3-9)14-7)10-5(12)2-8/h2H2,1H3,(H,10,12). The van der Waals surface area contributed by atoms with Crippen molar-refractivity contribution in [3.05, 3.63) is 4.88 Å². The van der Waals surface area contributed by atoms with Crippen molar-refractivity contribution in [1.82, 2.24) is 4.98 Å². The lowest BCUT2D eigenvalue weighted by Crippen LogP contribution is -2.13. The number of nitriles is 1. The van der Waals surface area contributed by atoms with E-state index >= 15 is 0 Å². The van der Waals surface area contributed by atoms with Crippen LogP contribution in [0.15, 0.2) is 4.34 Å². The van der Waals surface area contributed by atoms with Crippen LogP contribution in [0.2, 0.25) is 0 Å². The molecule has 0 saturated heterocycles.